The number of piperidine rings is 1. The van der Waals surface area contributed by atoms with Crippen LogP contribution in [0.2, 0.25) is 0 Å². The van der Waals surface area contributed by atoms with Crippen LogP contribution in [0.25, 0.3) is 0 Å². The molecule has 142 valence electrons. The summed E-state index contributed by atoms with van der Waals surface area (Å²) in [5, 5.41) is 18.4. The van der Waals surface area contributed by atoms with Gasteiger partial charge < -0.3 is 20.7 Å². The first-order valence-corrected chi connectivity index (χ1v) is 9.19. The normalized spacial score (nSPS) is 15.0. The lowest BCUT2D eigenvalue weighted by Gasteiger charge is -2.32. The van der Waals surface area contributed by atoms with E-state index in [1.807, 2.05) is 17.0 Å². The van der Waals surface area contributed by atoms with E-state index in [0.717, 1.165) is 24.5 Å². The van der Waals surface area contributed by atoms with Crippen LogP contribution in [0.3, 0.4) is 0 Å². The van der Waals surface area contributed by atoms with E-state index in [4.69, 9.17) is 5.73 Å². The predicted molar refractivity (Wildman–Crippen MR) is 103 cm³/mol. The van der Waals surface area contributed by atoms with Gasteiger partial charge in [0.05, 0.1) is 6.42 Å². The molecule has 2 aromatic rings. The fourth-order valence-electron chi connectivity index (χ4n) is 3.62. The maximum Gasteiger partial charge on any atom is 0.491 e. The number of nitrogens with zero attached hydrogens (tertiary/aromatic N) is 1. The minimum Gasteiger partial charge on any atom is -0.423 e. The summed E-state index contributed by atoms with van der Waals surface area (Å²) < 4.78 is 13.5. The number of halogens is 1. The highest BCUT2D eigenvalue weighted by Gasteiger charge is 2.24. The maximum atomic E-state index is 13.5. The largest absolute Gasteiger partial charge is 0.491 e. The van der Waals surface area contributed by atoms with Gasteiger partial charge in [0.1, 0.15) is 5.82 Å². The van der Waals surface area contributed by atoms with Gasteiger partial charge in [0.2, 0.25) is 5.91 Å². The van der Waals surface area contributed by atoms with Gasteiger partial charge in [0, 0.05) is 25.1 Å². The van der Waals surface area contributed by atoms with Crippen molar-refractivity contribution in [1.82, 2.24) is 4.90 Å². The Hall–Kier alpha value is -2.22. The van der Waals surface area contributed by atoms with Crippen molar-refractivity contribution < 1.29 is 19.2 Å². The first kappa shape index (κ1) is 19.5. The van der Waals surface area contributed by atoms with Gasteiger partial charge in [-0.2, -0.15) is 0 Å². The fourth-order valence-corrected chi connectivity index (χ4v) is 3.62. The first-order valence-electron chi connectivity index (χ1n) is 9.19. The third-order valence-electron chi connectivity index (χ3n) is 5.20. The van der Waals surface area contributed by atoms with Crippen LogP contribution in [0.5, 0.6) is 0 Å². The van der Waals surface area contributed by atoms with Crippen molar-refractivity contribution >= 4 is 18.5 Å². The third kappa shape index (κ3) is 4.74. The monoisotopic (exact) mass is 370 g/mol. The van der Waals surface area contributed by atoms with Gasteiger partial charge in [0.25, 0.3) is 0 Å². The highest BCUT2D eigenvalue weighted by Crippen LogP contribution is 2.28. The number of carbonyl (C=O) groups excluding carboxylic acids is 1. The van der Waals surface area contributed by atoms with Crippen LogP contribution in [0.15, 0.2) is 42.5 Å². The molecule has 0 atom stereocenters. The zero-order valence-electron chi connectivity index (χ0n) is 15.1. The smallest absolute Gasteiger partial charge is 0.423 e. The minimum atomic E-state index is -1.89. The van der Waals surface area contributed by atoms with E-state index >= 15 is 0 Å². The molecule has 0 bridgehead atoms. The second-order valence-corrected chi connectivity index (χ2v) is 7.01. The highest BCUT2D eigenvalue weighted by atomic mass is 19.1. The molecule has 2 aromatic carbocycles. The Morgan fingerprint density at radius 3 is 2.56 bits per heavy atom. The molecule has 1 fully saturated rings. The van der Waals surface area contributed by atoms with Crippen LogP contribution in [-0.2, 0) is 17.8 Å². The van der Waals surface area contributed by atoms with E-state index < -0.39 is 12.9 Å². The molecular weight excluding hydrogens is 346 g/mol. The van der Waals surface area contributed by atoms with E-state index in [0.29, 0.717) is 31.1 Å². The number of likely N-dealkylation sites (tertiary alicyclic amines) is 1. The van der Waals surface area contributed by atoms with Gasteiger partial charge >= 0.3 is 7.12 Å². The molecule has 1 aliphatic rings. The number of carbonyl (C=O) groups is 1. The molecule has 27 heavy (non-hydrogen) atoms. The zero-order valence-corrected chi connectivity index (χ0v) is 15.1. The molecule has 4 N–H and O–H groups in total. The van der Waals surface area contributed by atoms with Gasteiger partial charge in [0.15, 0.2) is 0 Å². The second kappa shape index (κ2) is 8.65. The first-order chi connectivity index (χ1) is 13.0. The number of hydrogen-bond donors (Lipinski definition) is 3. The van der Waals surface area contributed by atoms with Crippen molar-refractivity contribution in [3.8, 4) is 0 Å². The second-order valence-electron chi connectivity index (χ2n) is 7.01. The van der Waals surface area contributed by atoms with Crippen molar-refractivity contribution in [2.75, 3.05) is 13.1 Å². The number of amides is 1. The van der Waals surface area contributed by atoms with Crippen molar-refractivity contribution in [3.63, 3.8) is 0 Å². The van der Waals surface area contributed by atoms with Crippen LogP contribution in [-0.4, -0.2) is 41.1 Å². The topological polar surface area (TPSA) is 86.8 Å². The van der Waals surface area contributed by atoms with Gasteiger partial charge in [-0.15, -0.1) is 0 Å². The van der Waals surface area contributed by atoms with Gasteiger partial charge in [-0.25, -0.2) is 4.39 Å². The molecule has 1 aliphatic heterocycles. The number of benzene rings is 2. The zero-order chi connectivity index (χ0) is 19.4. The molecule has 0 aromatic heterocycles. The summed E-state index contributed by atoms with van der Waals surface area (Å²) in [6.07, 6.45) is 1.90. The summed E-state index contributed by atoms with van der Waals surface area (Å²) in [5.74, 6) is -0.307. The lowest BCUT2D eigenvalue weighted by Crippen LogP contribution is -2.39. The highest BCUT2D eigenvalue weighted by molar-refractivity contribution is 6.58. The maximum absolute atomic E-state index is 13.5. The summed E-state index contributed by atoms with van der Waals surface area (Å²) in [6.45, 7) is 1.87. The Morgan fingerprint density at radius 2 is 1.89 bits per heavy atom. The Labute approximate surface area is 158 Å². The van der Waals surface area contributed by atoms with Crippen LogP contribution >= 0.6 is 0 Å². The Kier molecular flexibility index (Phi) is 6.26. The Balaban J connectivity index is 1.59. The minimum absolute atomic E-state index is 0.0332. The van der Waals surface area contributed by atoms with E-state index in [1.54, 1.807) is 0 Å². The summed E-state index contributed by atoms with van der Waals surface area (Å²) in [5.41, 5.74) is 8.46. The average molecular weight is 370 g/mol. The molecule has 0 unspecified atom stereocenters. The summed E-state index contributed by atoms with van der Waals surface area (Å²) in [7, 11) is -1.89. The standard InChI is InChI=1S/C20H24BFN2O3/c22-19-5-4-14(11-18(19)21(26)27)12-20(25)24-8-6-16(7-9-24)17-3-1-2-15(10-17)13-23/h1-5,10-11,16,26-27H,6-9,12-13,23H2. The van der Waals surface area contributed by atoms with Crippen LogP contribution in [0, 0.1) is 5.82 Å². The lowest BCUT2D eigenvalue weighted by atomic mass is 9.79. The molecule has 3 rings (SSSR count). The average Bonchev–Trinajstić information content (AvgIpc) is 2.69. The van der Waals surface area contributed by atoms with Crippen molar-refractivity contribution in [2.24, 2.45) is 5.73 Å². The molecule has 1 heterocycles. The molecular formula is C20H24BFN2O3. The molecule has 0 spiro atoms. The van der Waals surface area contributed by atoms with Crippen molar-refractivity contribution in [1.29, 1.82) is 0 Å². The Morgan fingerprint density at radius 1 is 1.15 bits per heavy atom. The summed E-state index contributed by atoms with van der Waals surface area (Å²) in [6, 6.07) is 12.3. The summed E-state index contributed by atoms with van der Waals surface area (Å²) in [4.78, 5) is 14.4. The molecule has 7 heteroatoms. The van der Waals surface area contributed by atoms with E-state index in [9.17, 15) is 19.2 Å². The number of hydrogen-bond acceptors (Lipinski definition) is 4. The van der Waals surface area contributed by atoms with Crippen molar-refractivity contribution in [2.45, 2.75) is 31.7 Å². The van der Waals surface area contributed by atoms with Crippen molar-refractivity contribution in [3.05, 3.63) is 65.0 Å². The van der Waals surface area contributed by atoms with Gasteiger partial charge in [-0.05, 0) is 41.5 Å². The van der Waals surface area contributed by atoms with Crippen LogP contribution in [0.4, 0.5) is 4.39 Å². The number of rotatable bonds is 5. The van der Waals surface area contributed by atoms with E-state index in [-0.39, 0.29) is 17.8 Å². The number of nitrogens with two attached hydrogens (primary N) is 1. The SMILES string of the molecule is NCc1cccc(C2CCN(C(=O)Cc3ccc(F)c(B(O)O)c3)CC2)c1. The Bertz CT molecular complexity index is 808. The molecule has 0 aliphatic carbocycles. The molecule has 1 saturated heterocycles. The van der Waals surface area contributed by atoms with E-state index in [2.05, 4.69) is 12.1 Å². The lowest BCUT2D eigenvalue weighted by molar-refractivity contribution is -0.131. The molecule has 0 saturated carbocycles. The van der Waals surface area contributed by atoms with Crippen LogP contribution in [0.1, 0.15) is 35.4 Å². The quantitative estimate of drug-likeness (QED) is 0.683. The molecule has 5 nitrogen and oxygen atoms in total. The predicted octanol–water partition coefficient (Wildman–Crippen LogP) is 0.913. The van der Waals surface area contributed by atoms with Crippen LogP contribution < -0.4 is 11.2 Å². The molecule has 0 radical (unpaired) electrons. The van der Waals surface area contributed by atoms with Gasteiger partial charge in [-0.3, -0.25) is 4.79 Å². The fraction of sp³-hybridized carbons (Fsp3) is 0.350. The summed E-state index contributed by atoms with van der Waals surface area (Å²) >= 11 is 0. The van der Waals surface area contributed by atoms with Gasteiger partial charge in [-0.1, -0.05) is 36.4 Å². The molecule has 1 amide bonds. The third-order valence-corrected chi connectivity index (χ3v) is 5.20. The van der Waals surface area contributed by atoms with E-state index in [1.165, 1.54) is 17.7 Å².